The summed E-state index contributed by atoms with van der Waals surface area (Å²) in [5, 5.41) is 0. The summed E-state index contributed by atoms with van der Waals surface area (Å²) in [5.74, 6) is 2.52. The Balaban J connectivity index is 3.67. The zero-order chi connectivity index (χ0) is 21.9. The second-order valence-electron chi connectivity index (χ2n) is 9.90. The number of esters is 1. The second kappa shape index (κ2) is 19.2. The predicted molar refractivity (Wildman–Crippen MR) is 128 cm³/mol. The van der Waals surface area contributed by atoms with Crippen LogP contribution in [0.15, 0.2) is 11.6 Å². The lowest BCUT2D eigenvalue weighted by molar-refractivity contribution is -0.142. The van der Waals surface area contributed by atoms with Crippen molar-refractivity contribution >= 4 is 5.97 Å². The maximum Gasteiger partial charge on any atom is 0.306 e. The van der Waals surface area contributed by atoms with E-state index < -0.39 is 0 Å². The van der Waals surface area contributed by atoms with Crippen LogP contribution in [0.25, 0.3) is 0 Å². The summed E-state index contributed by atoms with van der Waals surface area (Å²) in [7, 11) is 0. The summed E-state index contributed by atoms with van der Waals surface area (Å²) < 4.78 is 5.32. The first-order valence-corrected chi connectivity index (χ1v) is 12.7. The van der Waals surface area contributed by atoms with Gasteiger partial charge in [0.2, 0.25) is 0 Å². The second-order valence-corrected chi connectivity index (χ2v) is 9.90. The monoisotopic (exact) mass is 408 g/mol. The van der Waals surface area contributed by atoms with Crippen molar-refractivity contribution < 1.29 is 9.53 Å². The molecule has 2 heteroatoms. The molecule has 0 saturated carbocycles. The molecule has 172 valence electrons. The average Bonchev–Trinajstić information content (AvgIpc) is 2.65. The highest BCUT2D eigenvalue weighted by atomic mass is 16.5. The largest absolute Gasteiger partial charge is 0.461 e. The Labute approximate surface area is 183 Å². The summed E-state index contributed by atoms with van der Waals surface area (Å²) in [6, 6.07) is 0. The van der Waals surface area contributed by atoms with Crippen molar-refractivity contribution in [1.82, 2.24) is 0 Å². The van der Waals surface area contributed by atoms with Crippen LogP contribution >= 0.6 is 0 Å². The van der Waals surface area contributed by atoms with E-state index in [0.29, 0.717) is 13.0 Å². The number of allylic oxidation sites excluding steroid dienone is 1. The Bertz CT molecular complexity index is 411. The topological polar surface area (TPSA) is 26.3 Å². The zero-order valence-corrected chi connectivity index (χ0v) is 20.7. The summed E-state index contributed by atoms with van der Waals surface area (Å²) in [5.41, 5.74) is 1.36. The van der Waals surface area contributed by atoms with Crippen LogP contribution < -0.4 is 0 Å². The molecule has 0 rings (SSSR count). The maximum atomic E-state index is 11.7. The van der Waals surface area contributed by atoms with Crippen molar-refractivity contribution in [1.29, 1.82) is 0 Å². The van der Waals surface area contributed by atoms with Gasteiger partial charge >= 0.3 is 5.97 Å². The van der Waals surface area contributed by atoms with Crippen molar-refractivity contribution in [2.75, 3.05) is 6.61 Å². The van der Waals surface area contributed by atoms with Crippen molar-refractivity contribution in [2.45, 2.75) is 131 Å². The molecule has 2 nitrogen and oxygen atoms in total. The van der Waals surface area contributed by atoms with Gasteiger partial charge in [-0.25, -0.2) is 0 Å². The highest BCUT2D eigenvalue weighted by Crippen LogP contribution is 2.22. The first-order chi connectivity index (χ1) is 13.8. The number of hydrogen-bond acceptors (Lipinski definition) is 2. The van der Waals surface area contributed by atoms with Gasteiger partial charge in [0.25, 0.3) is 0 Å². The standard InChI is InChI=1S/C27H52O2/c1-7-8-9-10-20-27(28)29-22-21-26(6)19-13-18-25(5)17-12-16-24(4)15-11-14-23(2)3/h21,23-25H,7-20,22H2,1-6H3. The van der Waals surface area contributed by atoms with E-state index in [1.54, 1.807) is 0 Å². The third-order valence-corrected chi connectivity index (χ3v) is 6.05. The van der Waals surface area contributed by atoms with E-state index in [1.807, 2.05) is 0 Å². The van der Waals surface area contributed by atoms with Crippen LogP contribution in [0.5, 0.6) is 0 Å². The molecule has 0 N–H and O–H groups in total. The highest BCUT2D eigenvalue weighted by molar-refractivity contribution is 5.69. The normalized spacial score (nSPS) is 14.2. The third kappa shape index (κ3) is 20.3. The van der Waals surface area contributed by atoms with Gasteiger partial charge in [0, 0.05) is 6.42 Å². The van der Waals surface area contributed by atoms with Gasteiger partial charge in [0.15, 0.2) is 0 Å². The molecule has 0 saturated heterocycles. The van der Waals surface area contributed by atoms with Crippen molar-refractivity contribution in [3.63, 3.8) is 0 Å². The fourth-order valence-corrected chi connectivity index (χ4v) is 3.85. The lowest BCUT2D eigenvalue weighted by Crippen LogP contribution is -2.04. The molecule has 0 amide bonds. The molecule has 0 heterocycles. The molecular weight excluding hydrogens is 356 g/mol. The molecule has 0 radical (unpaired) electrons. The minimum atomic E-state index is -0.0443. The molecule has 0 spiro atoms. The molecule has 2 atom stereocenters. The Morgan fingerprint density at radius 3 is 1.93 bits per heavy atom. The molecule has 0 aliphatic rings. The van der Waals surface area contributed by atoms with E-state index in [1.165, 1.54) is 69.8 Å². The molecule has 0 aromatic rings. The van der Waals surface area contributed by atoms with Crippen molar-refractivity contribution in [3.8, 4) is 0 Å². The van der Waals surface area contributed by atoms with Crippen LogP contribution in [-0.2, 0) is 9.53 Å². The molecular formula is C27H52O2. The zero-order valence-electron chi connectivity index (χ0n) is 20.7. The minimum absolute atomic E-state index is 0.0443. The van der Waals surface area contributed by atoms with E-state index in [0.717, 1.165) is 37.0 Å². The smallest absolute Gasteiger partial charge is 0.306 e. The summed E-state index contributed by atoms with van der Waals surface area (Å²) >= 11 is 0. The fourth-order valence-electron chi connectivity index (χ4n) is 3.85. The van der Waals surface area contributed by atoms with Crippen LogP contribution in [0.1, 0.15) is 131 Å². The Morgan fingerprint density at radius 2 is 1.34 bits per heavy atom. The van der Waals surface area contributed by atoms with Gasteiger partial charge in [-0.3, -0.25) is 4.79 Å². The minimum Gasteiger partial charge on any atom is -0.461 e. The van der Waals surface area contributed by atoms with Crippen LogP contribution in [0.3, 0.4) is 0 Å². The van der Waals surface area contributed by atoms with Gasteiger partial charge in [-0.05, 0) is 50.0 Å². The van der Waals surface area contributed by atoms with Crippen molar-refractivity contribution in [3.05, 3.63) is 11.6 Å². The van der Waals surface area contributed by atoms with Crippen LogP contribution in [-0.4, -0.2) is 12.6 Å². The van der Waals surface area contributed by atoms with Gasteiger partial charge < -0.3 is 4.74 Å². The molecule has 2 unspecified atom stereocenters. The molecule has 29 heavy (non-hydrogen) atoms. The molecule has 0 fully saturated rings. The summed E-state index contributed by atoms with van der Waals surface area (Å²) in [4.78, 5) is 11.7. The Kier molecular flexibility index (Phi) is 18.7. The molecule has 0 aliphatic heterocycles. The first-order valence-electron chi connectivity index (χ1n) is 12.7. The van der Waals surface area contributed by atoms with Crippen LogP contribution in [0.2, 0.25) is 0 Å². The lowest BCUT2D eigenvalue weighted by Gasteiger charge is -2.15. The molecule has 0 aliphatic carbocycles. The lowest BCUT2D eigenvalue weighted by atomic mass is 9.91. The van der Waals surface area contributed by atoms with E-state index in [9.17, 15) is 4.79 Å². The molecule has 0 aromatic heterocycles. The number of unbranched alkanes of at least 4 members (excludes halogenated alkanes) is 3. The molecule has 0 bridgehead atoms. The maximum absolute atomic E-state index is 11.7. The van der Waals surface area contributed by atoms with Gasteiger partial charge in [-0.2, -0.15) is 0 Å². The van der Waals surface area contributed by atoms with Gasteiger partial charge in [-0.1, -0.05) is 104 Å². The summed E-state index contributed by atoms with van der Waals surface area (Å²) in [6.45, 7) is 14.3. The quantitative estimate of drug-likeness (QED) is 0.121. The number of ether oxygens (including phenoxy) is 1. The third-order valence-electron chi connectivity index (χ3n) is 6.05. The Morgan fingerprint density at radius 1 is 0.759 bits per heavy atom. The predicted octanol–water partition coefficient (Wildman–Crippen LogP) is 8.89. The number of hydrogen-bond donors (Lipinski definition) is 0. The fraction of sp³-hybridized carbons (Fsp3) is 0.889. The highest BCUT2D eigenvalue weighted by Gasteiger charge is 2.07. The number of carbonyl (C=O) groups is 1. The van der Waals surface area contributed by atoms with Crippen LogP contribution in [0.4, 0.5) is 0 Å². The molecule has 0 aromatic carbocycles. The Hall–Kier alpha value is -0.790. The van der Waals surface area contributed by atoms with E-state index in [-0.39, 0.29) is 5.97 Å². The number of carbonyl (C=O) groups excluding carboxylic acids is 1. The van der Waals surface area contributed by atoms with Gasteiger partial charge in [0.05, 0.1) is 0 Å². The van der Waals surface area contributed by atoms with Crippen LogP contribution in [0, 0.1) is 17.8 Å². The van der Waals surface area contributed by atoms with E-state index >= 15 is 0 Å². The number of rotatable bonds is 19. The van der Waals surface area contributed by atoms with E-state index in [4.69, 9.17) is 4.74 Å². The average molecular weight is 409 g/mol. The summed E-state index contributed by atoms with van der Waals surface area (Å²) in [6.07, 6.45) is 19.2. The SMILES string of the molecule is CCCCCCC(=O)OCC=C(C)CCCC(C)CCCC(C)CCCC(C)C. The van der Waals surface area contributed by atoms with E-state index in [2.05, 4.69) is 47.6 Å². The van der Waals surface area contributed by atoms with Gasteiger partial charge in [-0.15, -0.1) is 0 Å². The van der Waals surface area contributed by atoms with Gasteiger partial charge in [0.1, 0.15) is 6.61 Å². The first kappa shape index (κ1) is 28.2. The van der Waals surface area contributed by atoms with Crippen molar-refractivity contribution in [2.24, 2.45) is 17.8 Å².